The smallest absolute Gasteiger partial charge is 0.242 e. The van der Waals surface area contributed by atoms with Gasteiger partial charge in [-0.25, -0.2) is 12.8 Å². The monoisotopic (exact) mass is 406 g/mol. The molecule has 1 atom stereocenters. The van der Waals surface area contributed by atoms with Crippen LogP contribution >= 0.6 is 0 Å². The Labute approximate surface area is 164 Å². The van der Waals surface area contributed by atoms with Gasteiger partial charge in [-0.2, -0.15) is 0 Å². The molecule has 150 valence electrons. The summed E-state index contributed by atoms with van der Waals surface area (Å²) in [7, 11) is -3.90. The molecule has 0 saturated carbocycles. The largest absolute Gasteiger partial charge is 0.379 e. The van der Waals surface area contributed by atoms with E-state index < -0.39 is 26.8 Å². The van der Waals surface area contributed by atoms with E-state index in [2.05, 4.69) is 10.2 Å². The van der Waals surface area contributed by atoms with Crippen molar-refractivity contribution in [2.45, 2.75) is 23.6 Å². The summed E-state index contributed by atoms with van der Waals surface area (Å²) in [6.45, 7) is 5.35. The molecule has 3 rings (SSSR count). The molecule has 28 heavy (non-hydrogen) atoms. The Bertz CT molecular complexity index is 908. The number of nitrogens with one attached hydrogen (secondary N) is 1. The summed E-state index contributed by atoms with van der Waals surface area (Å²) in [4.78, 5) is 14.6. The van der Waals surface area contributed by atoms with Crippen LogP contribution in [-0.2, 0) is 25.9 Å². The van der Waals surface area contributed by atoms with E-state index in [-0.39, 0.29) is 4.90 Å². The van der Waals surface area contributed by atoms with Gasteiger partial charge in [-0.3, -0.25) is 9.69 Å². The molecule has 0 spiro atoms. The maximum atomic E-state index is 13.0. The lowest BCUT2D eigenvalue weighted by Crippen LogP contribution is -2.35. The lowest BCUT2D eigenvalue weighted by molar-refractivity contribution is -0.115. The first kappa shape index (κ1) is 20.4. The third-order valence-corrected chi connectivity index (χ3v) is 6.78. The highest BCUT2D eigenvalue weighted by Gasteiger charge is 2.29. The summed E-state index contributed by atoms with van der Waals surface area (Å²) in [6.07, 6.45) is 0. The van der Waals surface area contributed by atoms with Gasteiger partial charge in [0.05, 0.1) is 18.1 Å². The van der Waals surface area contributed by atoms with E-state index in [9.17, 15) is 17.6 Å². The van der Waals surface area contributed by atoms with Crippen LogP contribution in [-0.4, -0.2) is 50.8 Å². The summed E-state index contributed by atoms with van der Waals surface area (Å²) in [5, 5.41) is 1.33. The molecule has 1 amide bonds. The van der Waals surface area contributed by atoms with Crippen LogP contribution < -0.4 is 5.32 Å². The van der Waals surface area contributed by atoms with Crippen molar-refractivity contribution in [3.8, 4) is 0 Å². The van der Waals surface area contributed by atoms with E-state index in [4.69, 9.17) is 4.74 Å². The molecule has 6 nitrogen and oxygen atoms in total. The molecule has 0 aromatic heterocycles. The van der Waals surface area contributed by atoms with Gasteiger partial charge in [0.15, 0.2) is 9.84 Å². The molecule has 1 unspecified atom stereocenters. The minimum Gasteiger partial charge on any atom is -0.379 e. The average Bonchev–Trinajstić information content (AvgIpc) is 2.70. The van der Waals surface area contributed by atoms with E-state index in [0.29, 0.717) is 5.69 Å². The Morgan fingerprint density at radius 2 is 1.71 bits per heavy atom. The van der Waals surface area contributed by atoms with Crippen molar-refractivity contribution in [1.82, 2.24) is 4.90 Å². The molecule has 0 radical (unpaired) electrons. The quantitative estimate of drug-likeness (QED) is 0.746. The predicted molar refractivity (Wildman–Crippen MR) is 104 cm³/mol. The molecule has 1 aliphatic rings. The standard InChI is InChI=1S/C20H23FN2O4S/c1-15(28(25,26)19-8-4-17(21)5-9-19)20(24)22-18-6-2-16(3-7-18)14-23-10-12-27-13-11-23/h2-9,15H,10-14H2,1H3,(H,22,24). The zero-order valence-electron chi connectivity index (χ0n) is 15.6. The summed E-state index contributed by atoms with van der Waals surface area (Å²) >= 11 is 0. The molecular formula is C20H23FN2O4S. The van der Waals surface area contributed by atoms with Gasteiger partial charge >= 0.3 is 0 Å². The van der Waals surface area contributed by atoms with Gasteiger partial charge < -0.3 is 10.1 Å². The first-order valence-electron chi connectivity index (χ1n) is 9.05. The van der Waals surface area contributed by atoms with E-state index in [1.807, 2.05) is 12.1 Å². The SMILES string of the molecule is CC(C(=O)Nc1ccc(CN2CCOCC2)cc1)S(=O)(=O)c1ccc(F)cc1. The Hall–Kier alpha value is -2.29. The number of anilines is 1. The molecule has 8 heteroatoms. The summed E-state index contributed by atoms with van der Waals surface area (Å²) in [5.41, 5.74) is 1.63. The highest BCUT2D eigenvalue weighted by atomic mass is 32.2. The van der Waals surface area contributed by atoms with Crippen molar-refractivity contribution < 1.29 is 22.3 Å². The fourth-order valence-electron chi connectivity index (χ4n) is 2.92. The summed E-state index contributed by atoms with van der Waals surface area (Å²) in [5.74, 6) is -1.17. The van der Waals surface area contributed by atoms with Gasteiger partial charge in [-0.1, -0.05) is 12.1 Å². The minimum atomic E-state index is -3.90. The Morgan fingerprint density at radius 3 is 2.32 bits per heavy atom. The number of hydrogen-bond acceptors (Lipinski definition) is 5. The second-order valence-electron chi connectivity index (χ2n) is 6.72. The number of nitrogens with zero attached hydrogens (tertiary/aromatic N) is 1. The van der Waals surface area contributed by atoms with Gasteiger partial charge in [-0.15, -0.1) is 0 Å². The molecule has 2 aromatic carbocycles. The van der Waals surface area contributed by atoms with E-state index in [1.54, 1.807) is 12.1 Å². The minimum absolute atomic E-state index is 0.0857. The van der Waals surface area contributed by atoms with E-state index in [1.165, 1.54) is 6.92 Å². The van der Waals surface area contributed by atoms with Crippen LogP contribution in [0.2, 0.25) is 0 Å². The van der Waals surface area contributed by atoms with Crippen LogP contribution in [0.1, 0.15) is 12.5 Å². The number of halogens is 1. The van der Waals surface area contributed by atoms with Crippen molar-refractivity contribution >= 4 is 21.4 Å². The van der Waals surface area contributed by atoms with Crippen LogP contribution in [0.4, 0.5) is 10.1 Å². The molecule has 1 N–H and O–H groups in total. The van der Waals surface area contributed by atoms with Crippen molar-refractivity contribution in [2.24, 2.45) is 0 Å². The van der Waals surface area contributed by atoms with Crippen molar-refractivity contribution in [3.05, 3.63) is 59.9 Å². The van der Waals surface area contributed by atoms with Crippen molar-refractivity contribution in [2.75, 3.05) is 31.6 Å². The maximum Gasteiger partial charge on any atom is 0.242 e. The molecule has 1 saturated heterocycles. The molecule has 0 bridgehead atoms. The summed E-state index contributed by atoms with van der Waals surface area (Å²) in [6, 6.07) is 11.8. The Balaban J connectivity index is 1.62. The third kappa shape index (κ3) is 4.95. The van der Waals surface area contributed by atoms with Gasteiger partial charge in [0.1, 0.15) is 11.1 Å². The fraction of sp³-hybridized carbons (Fsp3) is 0.350. The number of morpholine rings is 1. The molecule has 0 aliphatic carbocycles. The number of amides is 1. The number of benzene rings is 2. The average molecular weight is 406 g/mol. The van der Waals surface area contributed by atoms with Gasteiger partial charge in [0, 0.05) is 25.3 Å². The zero-order chi connectivity index (χ0) is 20.1. The number of ether oxygens (including phenoxy) is 1. The lowest BCUT2D eigenvalue weighted by Gasteiger charge is -2.26. The first-order chi connectivity index (χ1) is 13.4. The fourth-order valence-corrected chi connectivity index (χ4v) is 4.19. The zero-order valence-corrected chi connectivity index (χ0v) is 16.4. The highest BCUT2D eigenvalue weighted by Crippen LogP contribution is 2.19. The van der Waals surface area contributed by atoms with E-state index >= 15 is 0 Å². The lowest BCUT2D eigenvalue weighted by atomic mass is 10.2. The molecule has 1 aliphatic heterocycles. The van der Waals surface area contributed by atoms with Crippen LogP contribution in [0.5, 0.6) is 0 Å². The van der Waals surface area contributed by atoms with Crippen molar-refractivity contribution in [3.63, 3.8) is 0 Å². The van der Waals surface area contributed by atoms with E-state index in [0.717, 1.165) is 62.7 Å². The van der Waals surface area contributed by atoms with Gasteiger partial charge in [-0.05, 0) is 48.9 Å². The first-order valence-corrected chi connectivity index (χ1v) is 10.6. The molecule has 1 heterocycles. The van der Waals surface area contributed by atoms with Crippen LogP contribution in [0.25, 0.3) is 0 Å². The Kier molecular flexibility index (Phi) is 6.43. The normalized spacial score (nSPS) is 16.5. The maximum absolute atomic E-state index is 13.0. The number of rotatable bonds is 6. The molecule has 1 fully saturated rings. The van der Waals surface area contributed by atoms with Gasteiger partial charge in [0.25, 0.3) is 0 Å². The molecule has 2 aromatic rings. The number of sulfone groups is 1. The predicted octanol–water partition coefficient (Wildman–Crippen LogP) is 2.46. The summed E-state index contributed by atoms with van der Waals surface area (Å²) < 4.78 is 43.5. The number of carbonyl (C=O) groups is 1. The van der Waals surface area contributed by atoms with Crippen molar-refractivity contribution in [1.29, 1.82) is 0 Å². The molecular weight excluding hydrogens is 383 g/mol. The second kappa shape index (κ2) is 8.81. The second-order valence-corrected chi connectivity index (χ2v) is 8.98. The third-order valence-electron chi connectivity index (χ3n) is 4.71. The van der Waals surface area contributed by atoms with Crippen LogP contribution in [0, 0.1) is 5.82 Å². The number of hydrogen-bond donors (Lipinski definition) is 1. The topological polar surface area (TPSA) is 75.7 Å². The highest BCUT2D eigenvalue weighted by molar-refractivity contribution is 7.92. The van der Waals surface area contributed by atoms with Gasteiger partial charge in [0.2, 0.25) is 5.91 Å². The number of carbonyl (C=O) groups excluding carboxylic acids is 1. The van der Waals surface area contributed by atoms with Crippen LogP contribution in [0.3, 0.4) is 0 Å². The Morgan fingerprint density at radius 1 is 1.11 bits per heavy atom. The van der Waals surface area contributed by atoms with Crippen LogP contribution in [0.15, 0.2) is 53.4 Å².